The molecule has 16 heavy (non-hydrogen) atoms. The minimum atomic E-state index is -0.559. The normalized spacial score (nSPS) is 12.5. The molecule has 0 aliphatic heterocycles. The number of nitrogens with two attached hydrogens (primary N) is 1. The van der Waals surface area contributed by atoms with Gasteiger partial charge in [0, 0.05) is 6.04 Å². The van der Waals surface area contributed by atoms with Crippen LogP contribution in [0.5, 0.6) is 5.75 Å². The molecule has 1 unspecified atom stereocenters. The van der Waals surface area contributed by atoms with Gasteiger partial charge in [-0.25, -0.2) is 8.78 Å². The van der Waals surface area contributed by atoms with Crippen LogP contribution in [0.3, 0.4) is 0 Å². The molecule has 1 aromatic carbocycles. The molecule has 1 atom stereocenters. The third kappa shape index (κ3) is 3.77. The van der Waals surface area contributed by atoms with Crippen molar-refractivity contribution in [3.05, 3.63) is 29.6 Å². The molecule has 2 N–H and O–H groups in total. The van der Waals surface area contributed by atoms with E-state index in [4.69, 9.17) is 10.5 Å². The third-order valence-electron chi connectivity index (χ3n) is 2.36. The van der Waals surface area contributed by atoms with E-state index >= 15 is 0 Å². The molecule has 0 saturated heterocycles. The molecule has 90 valence electrons. The highest BCUT2D eigenvalue weighted by atomic mass is 19.1. The van der Waals surface area contributed by atoms with Crippen molar-refractivity contribution in [2.45, 2.75) is 25.8 Å². The highest BCUT2D eigenvalue weighted by Crippen LogP contribution is 2.21. The molecule has 0 heterocycles. The molecule has 0 spiro atoms. The Balaban J connectivity index is 2.80. The van der Waals surface area contributed by atoms with Crippen molar-refractivity contribution in [1.82, 2.24) is 0 Å². The smallest absolute Gasteiger partial charge is 0.123 e. The lowest BCUT2D eigenvalue weighted by Crippen LogP contribution is -2.22. The molecule has 0 aliphatic rings. The molecule has 0 aromatic heterocycles. The fourth-order valence-electron chi connectivity index (χ4n) is 1.42. The first kappa shape index (κ1) is 12.9. The molecule has 0 amide bonds. The number of rotatable bonds is 6. The number of halogens is 2. The molecule has 0 radical (unpaired) electrons. The van der Waals surface area contributed by atoms with E-state index in [0.29, 0.717) is 17.7 Å². The maximum atomic E-state index is 13.1. The number of hydrogen-bond acceptors (Lipinski definition) is 2. The molecule has 0 saturated carbocycles. The van der Waals surface area contributed by atoms with Crippen molar-refractivity contribution in [3.8, 4) is 5.75 Å². The number of benzene rings is 1. The summed E-state index contributed by atoms with van der Waals surface area (Å²) >= 11 is 0. The lowest BCUT2D eigenvalue weighted by Gasteiger charge is -2.13. The van der Waals surface area contributed by atoms with Gasteiger partial charge in [-0.15, -0.1) is 0 Å². The summed E-state index contributed by atoms with van der Waals surface area (Å²) in [7, 11) is 0. The maximum Gasteiger partial charge on any atom is 0.123 e. The average Bonchev–Trinajstić information content (AvgIpc) is 2.28. The summed E-state index contributed by atoms with van der Waals surface area (Å²) in [6.07, 6.45) is 1.34. The Morgan fingerprint density at radius 1 is 1.44 bits per heavy atom. The van der Waals surface area contributed by atoms with Crippen LogP contribution in [0.25, 0.3) is 0 Å². The van der Waals surface area contributed by atoms with Crippen LogP contribution in [0.2, 0.25) is 0 Å². The van der Waals surface area contributed by atoms with Crippen LogP contribution in [0.1, 0.15) is 18.9 Å². The van der Waals surface area contributed by atoms with E-state index in [-0.39, 0.29) is 18.5 Å². The molecule has 4 heteroatoms. The van der Waals surface area contributed by atoms with Gasteiger partial charge >= 0.3 is 0 Å². The molecular weight excluding hydrogens is 212 g/mol. The quantitative estimate of drug-likeness (QED) is 0.813. The SMILES string of the molecule is CCC(N)Cc1cc(F)ccc1OCCF. The molecule has 0 bridgehead atoms. The molecule has 1 aromatic rings. The Kier molecular flexibility index (Phi) is 5.19. The Hall–Kier alpha value is -1.16. The van der Waals surface area contributed by atoms with Crippen LogP contribution in [0.15, 0.2) is 18.2 Å². The molecular formula is C12H17F2NO. The largest absolute Gasteiger partial charge is 0.491 e. The van der Waals surface area contributed by atoms with Gasteiger partial charge in [0.2, 0.25) is 0 Å². The van der Waals surface area contributed by atoms with Crippen LogP contribution in [0, 0.1) is 5.82 Å². The lowest BCUT2D eigenvalue weighted by atomic mass is 10.0. The summed E-state index contributed by atoms with van der Waals surface area (Å²) in [5.41, 5.74) is 6.50. The summed E-state index contributed by atoms with van der Waals surface area (Å²) in [6.45, 7) is 1.39. The van der Waals surface area contributed by atoms with E-state index in [0.717, 1.165) is 6.42 Å². The van der Waals surface area contributed by atoms with E-state index in [1.807, 2.05) is 6.92 Å². The van der Waals surface area contributed by atoms with Gasteiger partial charge < -0.3 is 10.5 Å². The van der Waals surface area contributed by atoms with Gasteiger partial charge in [0.05, 0.1) is 0 Å². The highest BCUT2D eigenvalue weighted by Gasteiger charge is 2.09. The summed E-state index contributed by atoms with van der Waals surface area (Å²) in [5, 5.41) is 0. The van der Waals surface area contributed by atoms with Crippen molar-refractivity contribution < 1.29 is 13.5 Å². The van der Waals surface area contributed by atoms with Gasteiger partial charge in [-0.2, -0.15) is 0 Å². The van der Waals surface area contributed by atoms with Crippen molar-refractivity contribution in [1.29, 1.82) is 0 Å². The molecule has 1 rings (SSSR count). The predicted molar refractivity (Wildman–Crippen MR) is 59.8 cm³/mol. The topological polar surface area (TPSA) is 35.2 Å². The Morgan fingerprint density at radius 3 is 2.81 bits per heavy atom. The predicted octanol–water partition coefficient (Wildman–Crippen LogP) is 2.45. The monoisotopic (exact) mass is 229 g/mol. The number of ether oxygens (including phenoxy) is 1. The highest BCUT2D eigenvalue weighted by molar-refractivity contribution is 5.34. The minimum Gasteiger partial charge on any atom is -0.491 e. The number of alkyl halides is 1. The fourth-order valence-corrected chi connectivity index (χ4v) is 1.42. The average molecular weight is 229 g/mol. The van der Waals surface area contributed by atoms with Crippen molar-refractivity contribution in [3.63, 3.8) is 0 Å². The Bertz CT molecular complexity index is 331. The summed E-state index contributed by atoms with van der Waals surface area (Å²) < 4.78 is 30.2. The van der Waals surface area contributed by atoms with Crippen LogP contribution in [-0.2, 0) is 6.42 Å². The van der Waals surface area contributed by atoms with E-state index in [1.54, 1.807) is 0 Å². The second-order valence-corrected chi connectivity index (χ2v) is 3.66. The third-order valence-corrected chi connectivity index (χ3v) is 2.36. The first-order chi connectivity index (χ1) is 7.67. The van der Waals surface area contributed by atoms with Crippen LogP contribution >= 0.6 is 0 Å². The van der Waals surface area contributed by atoms with Crippen LogP contribution < -0.4 is 10.5 Å². The first-order valence-corrected chi connectivity index (χ1v) is 5.40. The maximum absolute atomic E-state index is 13.1. The minimum absolute atomic E-state index is 0.0139. The van der Waals surface area contributed by atoms with Gasteiger partial charge in [0.25, 0.3) is 0 Å². The van der Waals surface area contributed by atoms with Crippen molar-refractivity contribution >= 4 is 0 Å². The molecule has 2 nitrogen and oxygen atoms in total. The van der Waals surface area contributed by atoms with Gasteiger partial charge in [-0.1, -0.05) is 6.92 Å². The zero-order valence-corrected chi connectivity index (χ0v) is 9.38. The van der Waals surface area contributed by atoms with Crippen LogP contribution in [-0.4, -0.2) is 19.3 Å². The van der Waals surface area contributed by atoms with Gasteiger partial charge in [0.1, 0.15) is 24.8 Å². The van der Waals surface area contributed by atoms with Gasteiger partial charge in [-0.05, 0) is 36.6 Å². The molecule has 0 aliphatic carbocycles. The summed E-state index contributed by atoms with van der Waals surface area (Å²) in [4.78, 5) is 0. The van der Waals surface area contributed by atoms with E-state index in [2.05, 4.69) is 0 Å². The summed E-state index contributed by atoms with van der Waals surface area (Å²) in [5.74, 6) is 0.189. The lowest BCUT2D eigenvalue weighted by molar-refractivity contribution is 0.270. The fraction of sp³-hybridized carbons (Fsp3) is 0.500. The Labute approximate surface area is 94.4 Å². The standard InChI is InChI=1S/C12H17F2NO/c1-2-11(15)8-9-7-10(14)3-4-12(9)16-6-5-13/h3-4,7,11H,2,5-6,8,15H2,1H3. The second kappa shape index (κ2) is 6.43. The Morgan fingerprint density at radius 2 is 2.19 bits per heavy atom. The first-order valence-electron chi connectivity index (χ1n) is 5.40. The van der Waals surface area contributed by atoms with Crippen molar-refractivity contribution in [2.75, 3.05) is 13.3 Å². The van der Waals surface area contributed by atoms with Crippen molar-refractivity contribution in [2.24, 2.45) is 5.73 Å². The van der Waals surface area contributed by atoms with E-state index in [9.17, 15) is 8.78 Å². The second-order valence-electron chi connectivity index (χ2n) is 3.66. The van der Waals surface area contributed by atoms with Crippen LogP contribution in [0.4, 0.5) is 8.78 Å². The van der Waals surface area contributed by atoms with Gasteiger partial charge in [-0.3, -0.25) is 0 Å². The van der Waals surface area contributed by atoms with Gasteiger partial charge in [0.15, 0.2) is 0 Å². The number of hydrogen-bond donors (Lipinski definition) is 1. The zero-order chi connectivity index (χ0) is 12.0. The van der Waals surface area contributed by atoms with E-state index < -0.39 is 6.67 Å². The van der Waals surface area contributed by atoms with E-state index in [1.165, 1.54) is 18.2 Å². The summed E-state index contributed by atoms with van der Waals surface area (Å²) in [6, 6.07) is 4.18. The molecule has 0 fully saturated rings. The zero-order valence-electron chi connectivity index (χ0n) is 9.38.